The van der Waals surface area contributed by atoms with Gasteiger partial charge in [-0.05, 0) is 12.1 Å². The van der Waals surface area contributed by atoms with Crippen LogP contribution in [0.5, 0.6) is 11.5 Å². The second-order valence-electron chi connectivity index (χ2n) is 2.76. The number of carboxylic acid groups (broad SMARTS) is 1. The van der Waals surface area contributed by atoms with Gasteiger partial charge in [0.25, 0.3) is 0 Å². The second kappa shape index (κ2) is 5.74. The van der Waals surface area contributed by atoms with Crippen molar-refractivity contribution in [3.8, 4) is 11.5 Å². The van der Waals surface area contributed by atoms with Crippen molar-refractivity contribution in [1.82, 2.24) is 5.32 Å². The highest BCUT2D eigenvalue weighted by Gasteiger charge is 1.97. The van der Waals surface area contributed by atoms with E-state index >= 15 is 0 Å². The lowest BCUT2D eigenvalue weighted by Crippen LogP contribution is -2.26. The Balaban J connectivity index is 2.33. The molecule has 1 aromatic carbocycles. The molecule has 0 unspecified atom stereocenters. The maximum atomic E-state index is 10.1. The van der Waals surface area contributed by atoms with Crippen molar-refractivity contribution in [2.24, 2.45) is 0 Å². The number of nitrogens with one attached hydrogen (secondary N) is 1. The van der Waals surface area contributed by atoms with E-state index in [0.29, 0.717) is 18.1 Å². The lowest BCUT2D eigenvalue weighted by Gasteiger charge is -2.07. The van der Waals surface area contributed by atoms with Gasteiger partial charge in [0.15, 0.2) is 0 Å². The zero-order valence-electron chi connectivity index (χ0n) is 8.40. The zero-order chi connectivity index (χ0) is 11.1. The summed E-state index contributed by atoms with van der Waals surface area (Å²) in [6, 6.07) is 7.13. The summed E-state index contributed by atoms with van der Waals surface area (Å²) < 4.78 is 10.3. The van der Waals surface area contributed by atoms with E-state index < -0.39 is 6.09 Å². The second-order valence-corrected chi connectivity index (χ2v) is 2.76. The normalized spacial score (nSPS) is 9.40. The van der Waals surface area contributed by atoms with Crippen LogP contribution in [0.1, 0.15) is 0 Å². The van der Waals surface area contributed by atoms with Crippen LogP contribution in [0.15, 0.2) is 24.3 Å². The summed E-state index contributed by atoms with van der Waals surface area (Å²) >= 11 is 0. The van der Waals surface area contributed by atoms with Gasteiger partial charge in [-0.1, -0.05) is 6.07 Å². The third-order valence-corrected chi connectivity index (χ3v) is 1.69. The third-order valence-electron chi connectivity index (χ3n) is 1.69. The maximum Gasteiger partial charge on any atom is 0.404 e. The van der Waals surface area contributed by atoms with Crippen LogP contribution in [-0.4, -0.2) is 31.5 Å². The Labute approximate surface area is 87.6 Å². The van der Waals surface area contributed by atoms with Gasteiger partial charge in [-0.25, -0.2) is 4.79 Å². The summed E-state index contributed by atoms with van der Waals surface area (Å²) in [6.45, 7) is 0.548. The summed E-state index contributed by atoms with van der Waals surface area (Å²) in [7, 11) is 1.57. The van der Waals surface area contributed by atoms with Gasteiger partial charge < -0.3 is 19.9 Å². The van der Waals surface area contributed by atoms with Crippen LogP contribution in [0, 0.1) is 0 Å². The molecule has 0 radical (unpaired) electrons. The molecule has 0 saturated carbocycles. The van der Waals surface area contributed by atoms with Crippen molar-refractivity contribution in [3.63, 3.8) is 0 Å². The van der Waals surface area contributed by atoms with Gasteiger partial charge in [0.2, 0.25) is 0 Å². The average Bonchev–Trinajstić information content (AvgIpc) is 2.24. The summed E-state index contributed by atoms with van der Waals surface area (Å²) in [4.78, 5) is 10.1. The van der Waals surface area contributed by atoms with Gasteiger partial charge in [0.1, 0.15) is 18.1 Å². The summed E-state index contributed by atoms with van der Waals surface area (Å²) in [5.41, 5.74) is 0. The van der Waals surface area contributed by atoms with E-state index in [4.69, 9.17) is 14.6 Å². The highest BCUT2D eigenvalue weighted by molar-refractivity contribution is 5.64. The number of benzene rings is 1. The molecular formula is C10H13NO4. The van der Waals surface area contributed by atoms with Crippen molar-refractivity contribution in [1.29, 1.82) is 0 Å². The van der Waals surface area contributed by atoms with E-state index in [1.165, 1.54) is 0 Å². The van der Waals surface area contributed by atoms with Gasteiger partial charge >= 0.3 is 6.09 Å². The monoisotopic (exact) mass is 211 g/mol. The fraction of sp³-hybridized carbons (Fsp3) is 0.300. The SMILES string of the molecule is COc1cccc(OCCNC(=O)O)c1. The van der Waals surface area contributed by atoms with Crippen LogP contribution in [0.3, 0.4) is 0 Å². The number of carbonyl (C=O) groups is 1. The largest absolute Gasteiger partial charge is 0.497 e. The molecule has 0 spiro atoms. The number of hydrogen-bond acceptors (Lipinski definition) is 3. The first kappa shape index (κ1) is 11.2. The molecule has 1 amide bonds. The molecule has 0 aliphatic carbocycles. The minimum Gasteiger partial charge on any atom is -0.497 e. The predicted octanol–water partition coefficient (Wildman–Crippen LogP) is 1.34. The smallest absolute Gasteiger partial charge is 0.404 e. The summed E-state index contributed by atoms with van der Waals surface area (Å²) in [6.07, 6.45) is -1.05. The average molecular weight is 211 g/mol. The Morgan fingerprint density at radius 2 is 2.20 bits per heavy atom. The molecular weight excluding hydrogens is 198 g/mol. The molecule has 1 rings (SSSR count). The first-order valence-electron chi connectivity index (χ1n) is 4.46. The zero-order valence-corrected chi connectivity index (χ0v) is 8.40. The van der Waals surface area contributed by atoms with E-state index in [-0.39, 0.29) is 6.54 Å². The first-order chi connectivity index (χ1) is 7.22. The predicted molar refractivity (Wildman–Crippen MR) is 54.5 cm³/mol. The van der Waals surface area contributed by atoms with Crippen LogP contribution in [0.2, 0.25) is 0 Å². The van der Waals surface area contributed by atoms with Crippen LogP contribution >= 0.6 is 0 Å². The fourth-order valence-electron chi connectivity index (χ4n) is 1.02. The molecule has 5 heteroatoms. The molecule has 0 aliphatic rings. The number of rotatable bonds is 5. The highest BCUT2D eigenvalue weighted by atomic mass is 16.5. The Morgan fingerprint density at radius 1 is 1.47 bits per heavy atom. The van der Waals surface area contributed by atoms with E-state index in [1.54, 1.807) is 25.3 Å². The maximum absolute atomic E-state index is 10.1. The van der Waals surface area contributed by atoms with Gasteiger partial charge in [0, 0.05) is 6.07 Å². The van der Waals surface area contributed by atoms with Crippen molar-refractivity contribution in [2.75, 3.05) is 20.3 Å². The molecule has 0 atom stereocenters. The fourth-order valence-corrected chi connectivity index (χ4v) is 1.02. The molecule has 0 saturated heterocycles. The highest BCUT2D eigenvalue weighted by Crippen LogP contribution is 2.18. The van der Waals surface area contributed by atoms with Gasteiger partial charge in [-0.3, -0.25) is 0 Å². The van der Waals surface area contributed by atoms with Crippen molar-refractivity contribution in [3.05, 3.63) is 24.3 Å². The summed E-state index contributed by atoms with van der Waals surface area (Å²) in [5.74, 6) is 1.36. The third kappa shape index (κ3) is 4.21. The first-order valence-corrected chi connectivity index (χ1v) is 4.46. The van der Waals surface area contributed by atoms with Gasteiger partial charge in [0.05, 0.1) is 13.7 Å². The van der Waals surface area contributed by atoms with Crippen molar-refractivity contribution >= 4 is 6.09 Å². The molecule has 0 aliphatic heterocycles. The van der Waals surface area contributed by atoms with Crippen LogP contribution < -0.4 is 14.8 Å². The molecule has 0 fully saturated rings. The van der Waals surface area contributed by atoms with E-state index in [1.807, 2.05) is 6.07 Å². The molecule has 0 aromatic heterocycles. The topological polar surface area (TPSA) is 67.8 Å². The quantitative estimate of drug-likeness (QED) is 0.721. The van der Waals surface area contributed by atoms with Gasteiger partial charge in [-0.2, -0.15) is 0 Å². The number of methoxy groups -OCH3 is 1. The van der Waals surface area contributed by atoms with Crippen molar-refractivity contribution in [2.45, 2.75) is 0 Å². The lowest BCUT2D eigenvalue weighted by atomic mass is 10.3. The number of ether oxygens (including phenoxy) is 2. The number of hydrogen-bond donors (Lipinski definition) is 2. The molecule has 15 heavy (non-hydrogen) atoms. The molecule has 0 bridgehead atoms. The standard InChI is InChI=1S/C10H13NO4/c1-14-8-3-2-4-9(7-8)15-6-5-11-10(12)13/h2-4,7,11H,5-6H2,1H3,(H,12,13). The van der Waals surface area contributed by atoms with E-state index in [2.05, 4.69) is 5.32 Å². The Hall–Kier alpha value is -1.91. The summed E-state index contributed by atoms with van der Waals surface area (Å²) in [5, 5.41) is 10.5. The van der Waals surface area contributed by atoms with Crippen molar-refractivity contribution < 1.29 is 19.4 Å². The van der Waals surface area contributed by atoms with E-state index in [0.717, 1.165) is 0 Å². The Bertz CT molecular complexity index is 327. The molecule has 0 heterocycles. The van der Waals surface area contributed by atoms with Crippen LogP contribution in [0.25, 0.3) is 0 Å². The van der Waals surface area contributed by atoms with Crippen LogP contribution in [0.4, 0.5) is 4.79 Å². The molecule has 2 N–H and O–H groups in total. The molecule has 82 valence electrons. The minimum atomic E-state index is -1.05. The molecule has 1 aromatic rings. The lowest BCUT2D eigenvalue weighted by molar-refractivity contribution is 0.191. The van der Waals surface area contributed by atoms with Crippen LogP contribution in [-0.2, 0) is 0 Å². The van der Waals surface area contributed by atoms with E-state index in [9.17, 15) is 4.79 Å². The minimum absolute atomic E-state index is 0.256. The number of amides is 1. The van der Waals surface area contributed by atoms with Gasteiger partial charge in [-0.15, -0.1) is 0 Å². The molecule has 5 nitrogen and oxygen atoms in total. The Kier molecular flexibility index (Phi) is 4.28. The Morgan fingerprint density at radius 3 is 2.87 bits per heavy atom.